The van der Waals surface area contributed by atoms with Crippen LogP contribution >= 0.6 is 0 Å². The number of esters is 1. The molecule has 3 heteroatoms. The molecule has 16 heavy (non-hydrogen) atoms. The summed E-state index contributed by atoms with van der Waals surface area (Å²) in [5.41, 5.74) is 0.863. The highest BCUT2D eigenvalue weighted by atomic mass is 16.5. The third-order valence-electron chi connectivity index (χ3n) is 1.88. The molecule has 1 aromatic carbocycles. The predicted molar refractivity (Wildman–Crippen MR) is 63.3 cm³/mol. The maximum absolute atomic E-state index is 11.0. The Morgan fingerprint density at radius 2 is 2.00 bits per heavy atom. The quantitative estimate of drug-likeness (QED) is 0.578. The van der Waals surface area contributed by atoms with Crippen LogP contribution in [0.15, 0.2) is 30.3 Å². The first-order valence-corrected chi connectivity index (χ1v) is 5.15. The van der Waals surface area contributed by atoms with Crippen LogP contribution in [0.2, 0.25) is 0 Å². The summed E-state index contributed by atoms with van der Waals surface area (Å²) in [6.45, 7) is 3.92. The molecule has 0 saturated heterocycles. The van der Waals surface area contributed by atoms with Gasteiger partial charge in [-0.3, -0.25) is 0 Å². The highest BCUT2D eigenvalue weighted by molar-refractivity contribution is 5.87. The molecule has 86 valence electrons. The molecule has 0 bridgehead atoms. The Balaban J connectivity index is 2.86. The molecule has 0 aliphatic carbocycles. The zero-order valence-corrected chi connectivity index (χ0v) is 9.77. The molecular weight excluding hydrogens is 204 g/mol. The average Bonchev–Trinajstić information content (AvgIpc) is 2.26. The molecule has 0 saturated carbocycles. The monoisotopic (exact) mass is 220 g/mol. The van der Waals surface area contributed by atoms with Crippen molar-refractivity contribution in [3.05, 3.63) is 35.9 Å². The van der Waals surface area contributed by atoms with Gasteiger partial charge in [0, 0.05) is 11.6 Å². The van der Waals surface area contributed by atoms with E-state index >= 15 is 0 Å². The second-order valence-corrected chi connectivity index (χ2v) is 3.56. The van der Waals surface area contributed by atoms with E-state index < -0.39 is 0 Å². The molecule has 0 unspecified atom stereocenters. The first kappa shape index (κ1) is 12.3. The summed E-state index contributed by atoms with van der Waals surface area (Å²) in [7, 11) is 1.35. The molecule has 0 atom stereocenters. The number of hydrogen-bond donors (Lipinski definition) is 0. The molecule has 0 spiro atoms. The molecule has 0 fully saturated rings. The average molecular weight is 220 g/mol. The lowest BCUT2D eigenvalue weighted by Crippen LogP contribution is -2.06. The number of ether oxygens (including phenoxy) is 2. The van der Waals surface area contributed by atoms with Gasteiger partial charge in [-0.1, -0.05) is 18.2 Å². The molecule has 0 aliphatic rings. The van der Waals surface area contributed by atoms with Crippen molar-refractivity contribution in [1.29, 1.82) is 0 Å². The largest absolute Gasteiger partial charge is 0.490 e. The molecule has 0 heterocycles. The van der Waals surface area contributed by atoms with Crippen molar-refractivity contribution in [2.24, 2.45) is 0 Å². The Morgan fingerprint density at radius 3 is 2.62 bits per heavy atom. The molecule has 0 aliphatic heterocycles. The summed E-state index contributed by atoms with van der Waals surface area (Å²) < 4.78 is 10.1. The van der Waals surface area contributed by atoms with E-state index in [1.807, 2.05) is 38.1 Å². The Morgan fingerprint density at radius 1 is 1.31 bits per heavy atom. The fourth-order valence-electron chi connectivity index (χ4n) is 1.21. The van der Waals surface area contributed by atoms with Gasteiger partial charge in [0.25, 0.3) is 0 Å². The van der Waals surface area contributed by atoms with Gasteiger partial charge in [-0.2, -0.15) is 0 Å². The van der Waals surface area contributed by atoms with Crippen LogP contribution in [-0.2, 0) is 9.53 Å². The van der Waals surface area contributed by atoms with E-state index in [2.05, 4.69) is 4.74 Å². The van der Waals surface area contributed by atoms with Gasteiger partial charge in [-0.05, 0) is 26.0 Å². The van der Waals surface area contributed by atoms with Crippen LogP contribution in [-0.4, -0.2) is 19.2 Å². The second kappa shape index (κ2) is 5.95. The van der Waals surface area contributed by atoms with E-state index in [9.17, 15) is 4.79 Å². The van der Waals surface area contributed by atoms with Gasteiger partial charge < -0.3 is 9.47 Å². The van der Waals surface area contributed by atoms with Crippen LogP contribution in [0.1, 0.15) is 19.4 Å². The van der Waals surface area contributed by atoms with Gasteiger partial charge >= 0.3 is 5.97 Å². The number of para-hydroxylation sites is 1. The number of benzene rings is 1. The van der Waals surface area contributed by atoms with Crippen molar-refractivity contribution in [3.63, 3.8) is 0 Å². The van der Waals surface area contributed by atoms with Crippen LogP contribution in [0, 0.1) is 0 Å². The number of carbonyl (C=O) groups excluding carboxylic acids is 1. The molecule has 0 N–H and O–H groups in total. The van der Waals surface area contributed by atoms with Crippen LogP contribution in [0.5, 0.6) is 5.75 Å². The lowest BCUT2D eigenvalue weighted by molar-refractivity contribution is -0.134. The van der Waals surface area contributed by atoms with Gasteiger partial charge in [0.2, 0.25) is 0 Å². The molecule has 3 nitrogen and oxygen atoms in total. The van der Waals surface area contributed by atoms with Crippen molar-refractivity contribution in [1.82, 2.24) is 0 Å². The minimum atomic E-state index is -0.376. The van der Waals surface area contributed by atoms with Gasteiger partial charge in [-0.25, -0.2) is 4.79 Å². The SMILES string of the molecule is COC(=O)/C=C/c1ccccc1OC(C)C. The Labute approximate surface area is 95.7 Å². The van der Waals surface area contributed by atoms with E-state index in [1.165, 1.54) is 13.2 Å². The van der Waals surface area contributed by atoms with E-state index in [-0.39, 0.29) is 12.1 Å². The number of rotatable bonds is 4. The molecule has 1 aromatic rings. The third-order valence-corrected chi connectivity index (χ3v) is 1.88. The first-order valence-electron chi connectivity index (χ1n) is 5.15. The molecule has 0 amide bonds. The molecule has 0 radical (unpaired) electrons. The highest BCUT2D eigenvalue weighted by Crippen LogP contribution is 2.20. The van der Waals surface area contributed by atoms with Crippen molar-refractivity contribution in [2.45, 2.75) is 20.0 Å². The van der Waals surface area contributed by atoms with Gasteiger partial charge in [-0.15, -0.1) is 0 Å². The predicted octanol–water partition coefficient (Wildman–Crippen LogP) is 2.66. The summed E-state index contributed by atoms with van der Waals surface area (Å²) in [5, 5.41) is 0. The topological polar surface area (TPSA) is 35.5 Å². The van der Waals surface area contributed by atoms with Gasteiger partial charge in [0.1, 0.15) is 5.75 Å². The number of carbonyl (C=O) groups is 1. The van der Waals surface area contributed by atoms with E-state index in [0.717, 1.165) is 11.3 Å². The zero-order valence-electron chi connectivity index (χ0n) is 9.77. The summed E-state index contributed by atoms with van der Waals surface area (Å²) in [6.07, 6.45) is 3.17. The molecule has 0 aromatic heterocycles. The normalized spacial score (nSPS) is 10.8. The molecular formula is C13H16O3. The fourth-order valence-corrected chi connectivity index (χ4v) is 1.21. The van der Waals surface area contributed by atoms with Crippen LogP contribution < -0.4 is 4.74 Å². The number of hydrogen-bond acceptors (Lipinski definition) is 3. The minimum absolute atomic E-state index is 0.104. The Bertz CT molecular complexity index is 381. The summed E-state index contributed by atoms with van der Waals surface area (Å²) >= 11 is 0. The van der Waals surface area contributed by atoms with E-state index in [0.29, 0.717) is 0 Å². The smallest absolute Gasteiger partial charge is 0.330 e. The maximum Gasteiger partial charge on any atom is 0.330 e. The maximum atomic E-state index is 11.0. The minimum Gasteiger partial charge on any atom is -0.490 e. The van der Waals surface area contributed by atoms with Crippen molar-refractivity contribution < 1.29 is 14.3 Å². The lowest BCUT2D eigenvalue weighted by atomic mass is 10.2. The highest BCUT2D eigenvalue weighted by Gasteiger charge is 2.02. The van der Waals surface area contributed by atoms with Gasteiger partial charge in [0.05, 0.1) is 13.2 Å². The van der Waals surface area contributed by atoms with Crippen molar-refractivity contribution in [2.75, 3.05) is 7.11 Å². The summed E-state index contributed by atoms with van der Waals surface area (Å²) in [5.74, 6) is 0.386. The zero-order chi connectivity index (χ0) is 12.0. The summed E-state index contributed by atoms with van der Waals surface area (Å²) in [4.78, 5) is 11.0. The van der Waals surface area contributed by atoms with Crippen LogP contribution in [0.3, 0.4) is 0 Å². The second-order valence-electron chi connectivity index (χ2n) is 3.56. The Kier molecular flexibility index (Phi) is 4.58. The first-order chi connectivity index (χ1) is 7.63. The fraction of sp³-hybridized carbons (Fsp3) is 0.308. The van der Waals surface area contributed by atoms with Crippen LogP contribution in [0.25, 0.3) is 6.08 Å². The van der Waals surface area contributed by atoms with Crippen LogP contribution in [0.4, 0.5) is 0 Å². The number of methoxy groups -OCH3 is 1. The Hall–Kier alpha value is -1.77. The lowest BCUT2D eigenvalue weighted by Gasteiger charge is -2.11. The van der Waals surface area contributed by atoms with E-state index in [4.69, 9.17) is 4.74 Å². The molecule has 1 rings (SSSR count). The van der Waals surface area contributed by atoms with E-state index in [1.54, 1.807) is 6.08 Å². The van der Waals surface area contributed by atoms with Gasteiger partial charge in [0.15, 0.2) is 0 Å². The van der Waals surface area contributed by atoms with Crippen molar-refractivity contribution >= 4 is 12.0 Å². The summed E-state index contributed by atoms with van der Waals surface area (Å²) in [6, 6.07) is 7.55. The standard InChI is InChI=1S/C13H16O3/c1-10(2)16-12-7-5-4-6-11(12)8-9-13(14)15-3/h4-10H,1-3H3/b9-8+. The van der Waals surface area contributed by atoms with Crippen molar-refractivity contribution in [3.8, 4) is 5.75 Å². The third kappa shape index (κ3) is 3.77.